The average molecular weight is 253 g/mol. The first-order valence-corrected chi connectivity index (χ1v) is 5.90. The van der Waals surface area contributed by atoms with Gasteiger partial charge in [-0.05, 0) is 19.1 Å². The Hall–Kier alpha value is -1.53. The summed E-state index contributed by atoms with van der Waals surface area (Å²) in [5.74, 6) is -1.24. The fourth-order valence-electron chi connectivity index (χ4n) is 2.22. The lowest BCUT2D eigenvalue weighted by Gasteiger charge is -2.37. The van der Waals surface area contributed by atoms with Crippen LogP contribution < -0.4 is 5.32 Å². The zero-order valence-corrected chi connectivity index (χ0v) is 10.1. The van der Waals surface area contributed by atoms with Gasteiger partial charge in [-0.1, -0.05) is 0 Å². The predicted molar refractivity (Wildman–Crippen MR) is 63.6 cm³/mol. The number of halogens is 1. The number of hydrogen-bond acceptors (Lipinski definition) is 4. The number of aromatic nitrogens is 1. The summed E-state index contributed by atoms with van der Waals surface area (Å²) < 4.78 is 12.8. The summed E-state index contributed by atoms with van der Waals surface area (Å²) in [7, 11) is 0. The van der Waals surface area contributed by atoms with Crippen LogP contribution in [0.1, 0.15) is 18.7 Å². The second kappa shape index (κ2) is 5.41. The number of nitrogens with one attached hydrogen (secondary N) is 1. The van der Waals surface area contributed by atoms with Crippen molar-refractivity contribution >= 4 is 5.97 Å². The zero-order chi connectivity index (χ0) is 13.1. The fourth-order valence-corrected chi connectivity index (χ4v) is 2.22. The van der Waals surface area contributed by atoms with E-state index in [1.807, 2.05) is 11.8 Å². The van der Waals surface area contributed by atoms with Crippen LogP contribution in [0.25, 0.3) is 0 Å². The second-order valence-corrected chi connectivity index (χ2v) is 4.37. The monoisotopic (exact) mass is 253 g/mol. The predicted octanol–water partition coefficient (Wildman–Crippen LogP) is 0.640. The molecule has 1 aliphatic rings. The van der Waals surface area contributed by atoms with Crippen LogP contribution in [0, 0.1) is 5.82 Å². The van der Waals surface area contributed by atoms with Crippen LogP contribution in [0.3, 0.4) is 0 Å². The fraction of sp³-hybridized carbons (Fsp3) is 0.500. The first-order valence-electron chi connectivity index (χ1n) is 5.90. The molecule has 1 fully saturated rings. The first kappa shape index (κ1) is 12.9. The Balaban J connectivity index is 2.17. The molecule has 98 valence electrons. The van der Waals surface area contributed by atoms with Crippen molar-refractivity contribution in [1.82, 2.24) is 15.2 Å². The SMILES string of the molecule is CC(c1ccc(F)cn1)N1CCNCC1C(=O)O. The topological polar surface area (TPSA) is 65.5 Å². The van der Waals surface area contributed by atoms with Crippen LogP contribution in [0.5, 0.6) is 0 Å². The lowest BCUT2D eigenvalue weighted by atomic mass is 10.1. The van der Waals surface area contributed by atoms with Crippen LogP contribution >= 0.6 is 0 Å². The standard InChI is InChI=1S/C12H16FN3O2/c1-8(10-3-2-9(13)6-15-10)16-5-4-14-7-11(16)12(17)18/h2-3,6,8,11,14H,4-5,7H2,1H3,(H,17,18). The lowest BCUT2D eigenvalue weighted by molar-refractivity contribution is -0.145. The number of nitrogens with zero attached hydrogens (tertiary/aromatic N) is 2. The van der Waals surface area contributed by atoms with Gasteiger partial charge in [0, 0.05) is 19.6 Å². The van der Waals surface area contributed by atoms with E-state index < -0.39 is 12.0 Å². The van der Waals surface area contributed by atoms with Crippen molar-refractivity contribution < 1.29 is 14.3 Å². The number of pyridine rings is 1. The summed E-state index contributed by atoms with van der Waals surface area (Å²) in [4.78, 5) is 17.1. The van der Waals surface area contributed by atoms with Gasteiger partial charge in [0.1, 0.15) is 11.9 Å². The maximum atomic E-state index is 12.8. The van der Waals surface area contributed by atoms with Gasteiger partial charge in [0.25, 0.3) is 0 Å². The van der Waals surface area contributed by atoms with Crippen molar-refractivity contribution in [3.63, 3.8) is 0 Å². The van der Waals surface area contributed by atoms with Gasteiger partial charge in [0.15, 0.2) is 0 Å². The van der Waals surface area contributed by atoms with Gasteiger partial charge in [0.05, 0.1) is 17.9 Å². The van der Waals surface area contributed by atoms with E-state index in [1.165, 1.54) is 6.07 Å². The molecule has 2 unspecified atom stereocenters. The van der Waals surface area contributed by atoms with Crippen LogP contribution in [0.2, 0.25) is 0 Å². The molecule has 5 nitrogen and oxygen atoms in total. The summed E-state index contributed by atoms with van der Waals surface area (Å²) in [6.45, 7) is 3.69. The number of carbonyl (C=O) groups is 1. The van der Waals surface area contributed by atoms with Gasteiger partial charge in [-0.15, -0.1) is 0 Å². The molecule has 2 heterocycles. The van der Waals surface area contributed by atoms with E-state index in [1.54, 1.807) is 6.07 Å². The van der Waals surface area contributed by atoms with Crippen molar-refractivity contribution in [3.05, 3.63) is 29.8 Å². The summed E-state index contributed by atoms with van der Waals surface area (Å²) >= 11 is 0. The highest BCUT2D eigenvalue weighted by Crippen LogP contribution is 2.21. The minimum atomic E-state index is -0.851. The molecular weight excluding hydrogens is 237 g/mol. The number of rotatable bonds is 3. The van der Waals surface area contributed by atoms with Crippen LogP contribution in [0.4, 0.5) is 4.39 Å². The molecule has 0 bridgehead atoms. The molecule has 2 N–H and O–H groups in total. The third-order valence-corrected chi connectivity index (χ3v) is 3.25. The first-order chi connectivity index (χ1) is 8.59. The average Bonchev–Trinajstić information content (AvgIpc) is 2.39. The van der Waals surface area contributed by atoms with Gasteiger partial charge in [0.2, 0.25) is 0 Å². The third-order valence-electron chi connectivity index (χ3n) is 3.25. The van der Waals surface area contributed by atoms with Crippen LogP contribution in [-0.4, -0.2) is 46.6 Å². The molecule has 0 amide bonds. The van der Waals surface area contributed by atoms with Crippen molar-refractivity contribution in [2.24, 2.45) is 0 Å². The summed E-state index contributed by atoms with van der Waals surface area (Å²) in [6, 6.07) is 2.23. The van der Waals surface area contributed by atoms with Crippen molar-refractivity contribution in [2.75, 3.05) is 19.6 Å². The maximum absolute atomic E-state index is 12.8. The molecule has 0 spiro atoms. The van der Waals surface area contributed by atoms with Crippen molar-refractivity contribution in [1.29, 1.82) is 0 Å². The number of piperazine rings is 1. The highest BCUT2D eigenvalue weighted by molar-refractivity contribution is 5.74. The summed E-state index contributed by atoms with van der Waals surface area (Å²) in [5, 5.41) is 12.2. The van der Waals surface area contributed by atoms with Gasteiger partial charge >= 0.3 is 5.97 Å². The molecular formula is C12H16FN3O2. The molecule has 0 aromatic carbocycles. The number of hydrogen-bond donors (Lipinski definition) is 2. The van der Waals surface area contributed by atoms with E-state index in [-0.39, 0.29) is 11.9 Å². The molecule has 1 aliphatic heterocycles. The van der Waals surface area contributed by atoms with Crippen molar-refractivity contribution in [2.45, 2.75) is 19.0 Å². The van der Waals surface area contributed by atoms with Crippen LogP contribution in [0.15, 0.2) is 18.3 Å². The minimum absolute atomic E-state index is 0.145. The Morgan fingerprint density at radius 3 is 3.06 bits per heavy atom. The Kier molecular flexibility index (Phi) is 3.88. The van der Waals surface area contributed by atoms with Gasteiger partial charge < -0.3 is 10.4 Å². The number of carboxylic acid groups (broad SMARTS) is 1. The molecule has 1 aromatic heterocycles. The Bertz CT molecular complexity index is 424. The molecule has 6 heteroatoms. The Labute approximate surface area is 105 Å². The second-order valence-electron chi connectivity index (χ2n) is 4.37. The van der Waals surface area contributed by atoms with E-state index in [0.717, 1.165) is 12.7 Å². The molecule has 0 radical (unpaired) electrons. The number of aliphatic carboxylic acids is 1. The quantitative estimate of drug-likeness (QED) is 0.827. The maximum Gasteiger partial charge on any atom is 0.322 e. The van der Waals surface area contributed by atoms with Gasteiger partial charge in [-0.25, -0.2) is 4.39 Å². The molecule has 1 saturated heterocycles. The van der Waals surface area contributed by atoms with E-state index in [4.69, 9.17) is 0 Å². The van der Waals surface area contributed by atoms with Gasteiger partial charge in [-0.2, -0.15) is 0 Å². The van der Waals surface area contributed by atoms with Gasteiger partial charge in [-0.3, -0.25) is 14.7 Å². The zero-order valence-electron chi connectivity index (χ0n) is 10.1. The van der Waals surface area contributed by atoms with Crippen LogP contribution in [-0.2, 0) is 4.79 Å². The molecule has 18 heavy (non-hydrogen) atoms. The molecule has 1 aromatic rings. The van der Waals surface area contributed by atoms with Crippen molar-refractivity contribution in [3.8, 4) is 0 Å². The third kappa shape index (κ3) is 2.65. The summed E-state index contributed by atoms with van der Waals surface area (Å²) in [5.41, 5.74) is 0.685. The molecule has 2 atom stereocenters. The largest absolute Gasteiger partial charge is 0.480 e. The van der Waals surface area contributed by atoms with E-state index >= 15 is 0 Å². The molecule has 2 rings (SSSR count). The Morgan fingerprint density at radius 2 is 2.44 bits per heavy atom. The smallest absolute Gasteiger partial charge is 0.322 e. The Morgan fingerprint density at radius 1 is 1.67 bits per heavy atom. The molecule has 0 saturated carbocycles. The lowest BCUT2D eigenvalue weighted by Crippen LogP contribution is -2.55. The summed E-state index contributed by atoms with van der Waals surface area (Å²) in [6.07, 6.45) is 1.16. The highest BCUT2D eigenvalue weighted by atomic mass is 19.1. The van der Waals surface area contributed by atoms with E-state index in [2.05, 4.69) is 10.3 Å². The number of carboxylic acids is 1. The van der Waals surface area contributed by atoms with E-state index in [0.29, 0.717) is 18.8 Å². The van der Waals surface area contributed by atoms with E-state index in [9.17, 15) is 14.3 Å². The highest BCUT2D eigenvalue weighted by Gasteiger charge is 2.32. The normalized spacial score (nSPS) is 22.7. The minimum Gasteiger partial charge on any atom is -0.480 e. The molecule has 0 aliphatic carbocycles.